The van der Waals surface area contributed by atoms with E-state index in [-0.39, 0.29) is 22.9 Å². The standard InChI is InChI=1S/C25H23F3N4O4S/c1-2-21-30-22(15-8-9-15)23(24(29)33)32(21)13-14-7-10-19-16(11-14)12-20(36-19)17-5-3-4-6-18(17)31-37(34,35)25(26,27)28/h3-7,10-12,15,31H,2,8-9,13H2,1H3,(H2,29,33)/i24+1. The summed E-state index contributed by atoms with van der Waals surface area (Å²) < 4.78 is 71.3. The van der Waals surface area contributed by atoms with Crippen LogP contribution in [0, 0.1) is 0 Å². The van der Waals surface area contributed by atoms with Gasteiger partial charge in [0, 0.05) is 29.8 Å². The minimum Gasteiger partial charge on any atom is -0.456 e. The Balaban J connectivity index is 1.50. The van der Waals surface area contributed by atoms with Gasteiger partial charge in [0.05, 0.1) is 11.4 Å². The molecule has 0 saturated heterocycles. The van der Waals surface area contributed by atoms with Crippen molar-refractivity contribution in [1.82, 2.24) is 9.55 Å². The third-order valence-electron chi connectivity index (χ3n) is 6.25. The molecule has 2 aromatic carbocycles. The largest absolute Gasteiger partial charge is 0.516 e. The van der Waals surface area contributed by atoms with Crippen molar-refractivity contribution in [2.75, 3.05) is 4.72 Å². The number of amides is 1. The molecular weight excluding hydrogens is 510 g/mol. The van der Waals surface area contributed by atoms with Crippen LogP contribution in [0.15, 0.2) is 52.9 Å². The van der Waals surface area contributed by atoms with E-state index < -0.39 is 21.4 Å². The van der Waals surface area contributed by atoms with Crippen LogP contribution in [0.2, 0.25) is 0 Å². The van der Waals surface area contributed by atoms with Crippen LogP contribution in [0.5, 0.6) is 0 Å². The quantitative estimate of drug-likeness (QED) is 0.304. The van der Waals surface area contributed by atoms with Gasteiger partial charge in [-0.2, -0.15) is 21.6 Å². The predicted octanol–water partition coefficient (Wildman–Crippen LogP) is 5.14. The summed E-state index contributed by atoms with van der Waals surface area (Å²) in [4.78, 5) is 17.0. The molecule has 0 radical (unpaired) electrons. The van der Waals surface area contributed by atoms with Crippen LogP contribution < -0.4 is 10.5 Å². The lowest BCUT2D eigenvalue weighted by Gasteiger charge is -2.12. The van der Waals surface area contributed by atoms with Crippen LogP contribution in [-0.2, 0) is 23.0 Å². The fraction of sp³-hybridized carbons (Fsp3) is 0.280. The molecule has 1 fully saturated rings. The summed E-state index contributed by atoms with van der Waals surface area (Å²) >= 11 is 0. The molecule has 0 unspecified atom stereocenters. The van der Waals surface area contributed by atoms with Crippen molar-refractivity contribution >= 4 is 32.6 Å². The number of carbonyl (C=O) groups excluding carboxylic acids is 1. The molecule has 1 aliphatic rings. The Morgan fingerprint density at radius 2 is 1.92 bits per heavy atom. The maximum absolute atomic E-state index is 12.9. The average molecular weight is 534 g/mol. The van der Waals surface area contributed by atoms with Crippen LogP contribution in [0.4, 0.5) is 18.9 Å². The SMILES string of the molecule is CCc1nc(C2CC2)c([13C](N)=O)n1Cc1ccc2oc(-c3ccccc3NS(=O)(=O)C(F)(F)F)cc2c1. The van der Waals surface area contributed by atoms with E-state index in [1.54, 1.807) is 22.9 Å². The average Bonchev–Trinajstić information content (AvgIpc) is 3.48. The summed E-state index contributed by atoms with van der Waals surface area (Å²) in [5.74, 6) is 0.675. The number of primary amides is 1. The molecule has 1 amide bonds. The Hall–Kier alpha value is -3.80. The number of halogens is 3. The van der Waals surface area contributed by atoms with Gasteiger partial charge in [-0.05, 0) is 48.7 Å². The molecule has 1 aliphatic carbocycles. The van der Waals surface area contributed by atoms with Gasteiger partial charge in [-0.25, -0.2) is 4.98 Å². The van der Waals surface area contributed by atoms with Gasteiger partial charge >= 0.3 is 15.5 Å². The molecule has 0 atom stereocenters. The number of furan rings is 1. The number of rotatable bonds is 8. The summed E-state index contributed by atoms with van der Waals surface area (Å²) in [7, 11) is -5.61. The van der Waals surface area contributed by atoms with Gasteiger partial charge in [0.2, 0.25) is 0 Å². The number of nitrogens with zero attached hydrogens (tertiary/aromatic N) is 2. The Labute approximate surface area is 210 Å². The van der Waals surface area contributed by atoms with Crippen molar-refractivity contribution in [2.45, 2.75) is 44.2 Å². The minimum absolute atomic E-state index is 0.154. The van der Waals surface area contributed by atoms with E-state index >= 15 is 0 Å². The van der Waals surface area contributed by atoms with Crippen LogP contribution in [0.3, 0.4) is 0 Å². The van der Waals surface area contributed by atoms with Gasteiger partial charge in [0.25, 0.3) is 5.91 Å². The highest BCUT2D eigenvalue weighted by molar-refractivity contribution is 7.93. The highest BCUT2D eigenvalue weighted by Gasteiger charge is 2.46. The highest BCUT2D eigenvalue weighted by Crippen LogP contribution is 2.41. The number of fused-ring (bicyclic) bond motifs is 1. The number of alkyl halides is 3. The number of benzene rings is 2. The lowest BCUT2D eigenvalue weighted by atomic mass is 10.1. The maximum Gasteiger partial charge on any atom is 0.516 e. The second-order valence-electron chi connectivity index (χ2n) is 8.92. The Morgan fingerprint density at radius 1 is 1.19 bits per heavy atom. The summed E-state index contributed by atoms with van der Waals surface area (Å²) in [5, 5.41) is 0.655. The number of aromatic nitrogens is 2. The molecule has 1 saturated carbocycles. The third-order valence-corrected chi connectivity index (χ3v) is 7.35. The molecule has 12 heteroatoms. The minimum atomic E-state index is -5.61. The van der Waals surface area contributed by atoms with Crippen LogP contribution in [0.25, 0.3) is 22.3 Å². The number of nitrogens with one attached hydrogen (secondary N) is 1. The first kappa shape index (κ1) is 24.9. The van der Waals surface area contributed by atoms with Crippen molar-refractivity contribution < 1.29 is 30.8 Å². The number of anilines is 1. The van der Waals surface area contributed by atoms with E-state index in [0.29, 0.717) is 29.6 Å². The summed E-state index contributed by atoms with van der Waals surface area (Å²) in [6.07, 6.45) is 2.57. The topological polar surface area (TPSA) is 120 Å². The lowest BCUT2D eigenvalue weighted by molar-refractivity contribution is -0.0429. The highest BCUT2D eigenvalue weighted by atomic mass is 32.2. The molecule has 194 valence electrons. The molecule has 8 nitrogen and oxygen atoms in total. The van der Waals surface area contributed by atoms with E-state index in [4.69, 9.17) is 10.2 Å². The monoisotopic (exact) mass is 533 g/mol. The van der Waals surface area contributed by atoms with Crippen LogP contribution in [-0.4, -0.2) is 29.4 Å². The van der Waals surface area contributed by atoms with Gasteiger partial charge < -0.3 is 14.7 Å². The van der Waals surface area contributed by atoms with Crippen molar-refractivity contribution in [2.24, 2.45) is 5.73 Å². The van der Waals surface area contributed by atoms with E-state index in [0.717, 1.165) is 29.9 Å². The zero-order valence-corrected chi connectivity index (χ0v) is 20.5. The molecule has 37 heavy (non-hydrogen) atoms. The summed E-state index contributed by atoms with van der Waals surface area (Å²) in [6.45, 7) is 2.30. The van der Waals surface area contributed by atoms with E-state index in [1.165, 1.54) is 18.2 Å². The van der Waals surface area contributed by atoms with Crippen molar-refractivity contribution in [1.29, 1.82) is 0 Å². The number of para-hydroxylation sites is 1. The normalized spacial score (nSPS) is 14.3. The Kier molecular flexibility index (Phi) is 6.01. The second-order valence-corrected chi connectivity index (χ2v) is 10.6. The van der Waals surface area contributed by atoms with Gasteiger partial charge in [0.15, 0.2) is 0 Å². The van der Waals surface area contributed by atoms with Crippen molar-refractivity contribution in [3.63, 3.8) is 0 Å². The van der Waals surface area contributed by atoms with Crippen LogP contribution >= 0.6 is 0 Å². The number of aryl methyl sites for hydroxylation is 1. The van der Waals surface area contributed by atoms with Crippen LogP contribution in [0.1, 0.15) is 53.3 Å². The molecule has 0 aliphatic heterocycles. The van der Waals surface area contributed by atoms with Gasteiger partial charge in [0.1, 0.15) is 22.9 Å². The first-order valence-corrected chi connectivity index (χ1v) is 13.1. The van der Waals surface area contributed by atoms with E-state index in [9.17, 15) is 26.4 Å². The zero-order chi connectivity index (χ0) is 26.5. The Morgan fingerprint density at radius 3 is 2.57 bits per heavy atom. The van der Waals surface area contributed by atoms with Gasteiger partial charge in [-0.15, -0.1) is 0 Å². The molecule has 2 aromatic heterocycles. The van der Waals surface area contributed by atoms with E-state index in [1.807, 2.05) is 23.6 Å². The molecule has 0 bridgehead atoms. The first-order valence-electron chi connectivity index (χ1n) is 11.6. The number of hydrogen-bond acceptors (Lipinski definition) is 5. The number of carbonyl (C=O) groups is 1. The summed E-state index contributed by atoms with van der Waals surface area (Å²) in [6, 6.07) is 12.7. The molecule has 5 rings (SSSR count). The molecule has 2 heterocycles. The lowest BCUT2D eigenvalue weighted by Crippen LogP contribution is -2.30. The number of hydrogen-bond donors (Lipinski definition) is 2. The number of imidazole rings is 1. The molecule has 0 spiro atoms. The van der Waals surface area contributed by atoms with Gasteiger partial charge in [-0.3, -0.25) is 9.52 Å². The van der Waals surface area contributed by atoms with E-state index in [2.05, 4.69) is 4.98 Å². The first-order chi connectivity index (χ1) is 17.5. The number of sulfonamides is 1. The fourth-order valence-electron chi connectivity index (χ4n) is 4.36. The predicted molar refractivity (Wildman–Crippen MR) is 131 cm³/mol. The molecule has 3 N–H and O–H groups in total. The zero-order valence-electron chi connectivity index (χ0n) is 19.7. The van der Waals surface area contributed by atoms with Crippen molar-refractivity contribution in [3.05, 3.63) is 71.3 Å². The molecule has 4 aromatic rings. The number of nitrogens with two attached hydrogens (primary N) is 1. The fourth-order valence-corrected chi connectivity index (χ4v) is 4.94. The summed E-state index contributed by atoms with van der Waals surface area (Å²) in [5.41, 5.74) is 2.60. The van der Waals surface area contributed by atoms with Gasteiger partial charge in [-0.1, -0.05) is 25.1 Å². The Bertz CT molecular complexity index is 1620. The smallest absolute Gasteiger partial charge is 0.456 e. The molecular formula is C25H23F3N4O4S. The second kappa shape index (κ2) is 8.94. The maximum atomic E-state index is 12.9. The van der Waals surface area contributed by atoms with Crippen molar-refractivity contribution in [3.8, 4) is 11.3 Å². The third kappa shape index (κ3) is 4.68.